The van der Waals surface area contributed by atoms with Crippen LogP contribution in [0.2, 0.25) is 0 Å². The van der Waals surface area contributed by atoms with Gasteiger partial charge in [-0.25, -0.2) is 13.2 Å². The number of sulfonamides is 1. The van der Waals surface area contributed by atoms with E-state index < -0.39 is 16.1 Å². The van der Waals surface area contributed by atoms with Gasteiger partial charge in [0.05, 0.1) is 32.2 Å². The number of aliphatic hydroxyl groups excluding tert-OH is 1. The number of aliphatic hydroxyl groups is 1. The molecule has 136 valence electrons. The molecule has 1 amide bonds. The summed E-state index contributed by atoms with van der Waals surface area (Å²) in [5, 5.41) is 9.22. The highest BCUT2D eigenvalue weighted by Gasteiger charge is 2.27. The van der Waals surface area contributed by atoms with Gasteiger partial charge in [-0.3, -0.25) is 4.31 Å². The normalized spacial score (nSPS) is 11.9. The van der Waals surface area contributed by atoms with E-state index in [1.54, 1.807) is 12.1 Å². The lowest BCUT2D eigenvalue weighted by Gasteiger charge is -2.28. The number of hydrogen-bond donors (Lipinski definition) is 2. The molecule has 0 saturated heterocycles. The number of methoxy groups -OCH3 is 1. The summed E-state index contributed by atoms with van der Waals surface area (Å²) in [7, 11) is -2.38. The van der Waals surface area contributed by atoms with Gasteiger partial charge >= 0.3 is 6.09 Å². The van der Waals surface area contributed by atoms with E-state index in [-0.39, 0.29) is 35.8 Å². The smallest absolute Gasteiger partial charge is 0.410 e. The molecular weight excluding hydrogens is 336 g/mol. The molecular formula is C15H24N2O6S. The minimum Gasteiger partial charge on any atom is -0.491 e. The Morgan fingerprint density at radius 3 is 2.29 bits per heavy atom. The zero-order chi connectivity index (χ0) is 18.7. The maximum Gasteiger partial charge on any atom is 0.410 e. The lowest BCUT2D eigenvalue weighted by Crippen LogP contribution is -2.33. The predicted octanol–water partition coefficient (Wildman–Crippen LogP) is 1.21. The van der Waals surface area contributed by atoms with Gasteiger partial charge < -0.3 is 20.3 Å². The summed E-state index contributed by atoms with van der Waals surface area (Å²) in [5.74, 6) is 0.0553. The van der Waals surface area contributed by atoms with E-state index in [2.05, 4.69) is 0 Å². The van der Waals surface area contributed by atoms with Gasteiger partial charge in [0.15, 0.2) is 11.5 Å². The third-order valence-corrected chi connectivity index (χ3v) is 4.47. The Labute approximate surface area is 142 Å². The quantitative estimate of drug-likeness (QED) is 0.787. The van der Waals surface area contributed by atoms with Gasteiger partial charge in [-0.1, -0.05) is 20.8 Å². The predicted molar refractivity (Wildman–Crippen MR) is 91.2 cm³/mol. The highest BCUT2D eigenvalue weighted by Crippen LogP contribution is 2.42. The van der Waals surface area contributed by atoms with Gasteiger partial charge in [-0.2, -0.15) is 0 Å². The zero-order valence-corrected chi connectivity index (χ0v) is 15.3. The standard InChI is InChI=1S/C15H24N2O6S/c1-15(2,3)10-8-11(17(6-7-18)24(5,20)21)13(22-4)12(9-10)23-14(16)19/h8-9,18H,6-7H2,1-5H3,(H2,16,19). The van der Waals surface area contributed by atoms with Crippen molar-refractivity contribution in [3.63, 3.8) is 0 Å². The van der Waals surface area contributed by atoms with Crippen LogP contribution in [0.4, 0.5) is 10.5 Å². The lowest BCUT2D eigenvalue weighted by molar-refractivity contribution is 0.208. The van der Waals surface area contributed by atoms with Crippen molar-refractivity contribution in [2.24, 2.45) is 5.73 Å². The average Bonchev–Trinajstić information content (AvgIpc) is 2.41. The first kappa shape index (κ1) is 20.0. The van der Waals surface area contributed by atoms with Gasteiger partial charge in [0.2, 0.25) is 10.0 Å². The van der Waals surface area contributed by atoms with Crippen molar-refractivity contribution < 1.29 is 27.8 Å². The second kappa shape index (κ2) is 7.27. The topological polar surface area (TPSA) is 119 Å². The molecule has 0 bridgehead atoms. The number of amides is 1. The Kier molecular flexibility index (Phi) is 6.07. The SMILES string of the molecule is COc1c(OC(N)=O)cc(C(C)(C)C)cc1N(CCO)S(C)(=O)=O. The number of carbonyl (C=O) groups is 1. The van der Waals surface area contributed by atoms with Gasteiger partial charge in [-0.15, -0.1) is 0 Å². The molecule has 0 aromatic heterocycles. The second-order valence-corrected chi connectivity index (χ2v) is 8.16. The Balaban J connectivity index is 3.74. The average molecular weight is 360 g/mol. The molecule has 0 aliphatic rings. The summed E-state index contributed by atoms with van der Waals surface area (Å²) in [4.78, 5) is 11.2. The van der Waals surface area contributed by atoms with Gasteiger partial charge in [0, 0.05) is 0 Å². The van der Waals surface area contributed by atoms with Crippen molar-refractivity contribution >= 4 is 21.8 Å². The summed E-state index contributed by atoms with van der Waals surface area (Å²) >= 11 is 0. The molecule has 0 spiro atoms. The monoisotopic (exact) mass is 360 g/mol. The first-order chi connectivity index (χ1) is 10.9. The van der Waals surface area contributed by atoms with Crippen LogP contribution in [-0.2, 0) is 15.4 Å². The molecule has 1 rings (SSSR count). The Morgan fingerprint density at radius 2 is 1.92 bits per heavy atom. The molecule has 0 atom stereocenters. The van der Waals surface area contributed by atoms with Crippen LogP contribution in [0.3, 0.4) is 0 Å². The van der Waals surface area contributed by atoms with E-state index in [1.807, 2.05) is 20.8 Å². The third-order valence-electron chi connectivity index (χ3n) is 3.29. The first-order valence-electron chi connectivity index (χ1n) is 7.20. The molecule has 24 heavy (non-hydrogen) atoms. The highest BCUT2D eigenvalue weighted by molar-refractivity contribution is 7.92. The number of ether oxygens (including phenoxy) is 2. The van der Waals surface area contributed by atoms with E-state index in [1.165, 1.54) is 7.11 Å². The van der Waals surface area contributed by atoms with E-state index in [0.717, 1.165) is 10.6 Å². The number of carbonyl (C=O) groups excluding carboxylic acids is 1. The van der Waals surface area contributed by atoms with E-state index in [9.17, 15) is 18.3 Å². The molecule has 0 radical (unpaired) electrons. The Morgan fingerprint density at radius 1 is 1.33 bits per heavy atom. The molecule has 0 unspecified atom stereocenters. The number of benzene rings is 1. The highest BCUT2D eigenvalue weighted by atomic mass is 32.2. The Bertz CT molecular complexity index is 709. The lowest BCUT2D eigenvalue weighted by atomic mass is 9.86. The largest absolute Gasteiger partial charge is 0.491 e. The maximum absolute atomic E-state index is 12.1. The molecule has 1 aromatic rings. The maximum atomic E-state index is 12.1. The molecule has 0 heterocycles. The molecule has 9 heteroatoms. The van der Waals surface area contributed by atoms with Crippen LogP contribution >= 0.6 is 0 Å². The van der Waals surface area contributed by atoms with Crippen LogP contribution in [0.25, 0.3) is 0 Å². The summed E-state index contributed by atoms with van der Waals surface area (Å²) in [6.45, 7) is 5.21. The summed E-state index contributed by atoms with van der Waals surface area (Å²) in [6, 6.07) is 3.20. The first-order valence-corrected chi connectivity index (χ1v) is 9.05. The molecule has 0 fully saturated rings. The molecule has 1 aromatic carbocycles. The fraction of sp³-hybridized carbons (Fsp3) is 0.533. The van der Waals surface area contributed by atoms with Gasteiger partial charge in [-0.05, 0) is 23.1 Å². The fourth-order valence-electron chi connectivity index (χ4n) is 2.15. The number of primary amides is 1. The minimum atomic E-state index is -3.70. The number of hydrogen-bond acceptors (Lipinski definition) is 6. The van der Waals surface area contributed by atoms with Crippen LogP contribution in [0.5, 0.6) is 11.5 Å². The number of rotatable bonds is 6. The van der Waals surface area contributed by atoms with Crippen molar-refractivity contribution in [2.75, 3.05) is 30.8 Å². The van der Waals surface area contributed by atoms with Gasteiger partial charge in [0.1, 0.15) is 0 Å². The summed E-state index contributed by atoms with van der Waals surface area (Å²) in [5.41, 5.74) is 5.60. The minimum absolute atomic E-state index is 0.0130. The zero-order valence-electron chi connectivity index (χ0n) is 14.5. The van der Waals surface area contributed by atoms with Crippen LogP contribution in [0.1, 0.15) is 26.3 Å². The fourth-order valence-corrected chi connectivity index (χ4v) is 3.06. The molecule has 0 aliphatic heterocycles. The van der Waals surface area contributed by atoms with Crippen molar-refractivity contribution in [3.8, 4) is 11.5 Å². The molecule has 8 nitrogen and oxygen atoms in total. The van der Waals surface area contributed by atoms with E-state index in [0.29, 0.717) is 5.56 Å². The molecule has 0 saturated carbocycles. The summed E-state index contributed by atoms with van der Waals surface area (Å²) in [6.07, 6.45) is -0.0288. The van der Waals surface area contributed by atoms with Crippen LogP contribution < -0.4 is 19.5 Å². The van der Waals surface area contributed by atoms with Crippen molar-refractivity contribution in [1.29, 1.82) is 0 Å². The Hall–Kier alpha value is -2.00. The van der Waals surface area contributed by atoms with E-state index in [4.69, 9.17) is 15.2 Å². The molecule has 3 N–H and O–H groups in total. The van der Waals surface area contributed by atoms with Crippen molar-refractivity contribution in [2.45, 2.75) is 26.2 Å². The van der Waals surface area contributed by atoms with E-state index >= 15 is 0 Å². The van der Waals surface area contributed by atoms with Crippen LogP contribution in [-0.4, -0.2) is 46.1 Å². The van der Waals surface area contributed by atoms with Crippen LogP contribution in [0, 0.1) is 0 Å². The second-order valence-electron chi connectivity index (χ2n) is 6.26. The number of anilines is 1. The summed E-state index contributed by atoms with van der Waals surface area (Å²) < 4.78 is 35.4. The third kappa shape index (κ3) is 4.75. The molecule has 0 aliphatic carbocycles. The number of nitrogens with zero attached hydrogens (tertiary/aromatic N) is 1. The van der Waals surface area contributed by atoms with Crippen molar-refractivity contribution in [3.05, 3.63) is 17.7 Å². The van der Waals surface area contributed by atoms with Crippen molar-refractivity contribution in [1.82, 2.24) is 0 Å². The van der Waals surface area contributed by atoms with Gasteiger partial charge in [0.25, 0.3) is 0 Å². The van der Waals surface area contributed by atoms with Crippen LogP contribution in [0.15, 0.2) is 12.1 Å². The number of nitrogens with two attached hydrogens (primary N) is 1.